The molecule has 5 nitrogen and oxygen atoms in total. The van der Waals surface area contributed by atoms with Gasteiger partial charge in [0.15, 0.2) is 0 Å². The van der Waals surface area contributed by atoms with E-state index in [1.54, 1.807) is 30.3 Å². The fourth-order valence-corrected chi connectivity index (χ4v) is 2.68. The number of nitrogens with zero attached hydrogens (tertiary/aromatic N) is 1. The van der Waals surface area contributed by atoms with E-state index >= 15 is 0 Å². The van der Waals surface area contributed by atoms with Gasteiger partial charge < -0.3 is 9.90 Å². The molecule has 0 aliphatic carbocycles. The molecular formula is C18H11Cl2N2O3-. The van der Waals surface area contributed by atoms with Crippen LogP contribution in [-0.4, -0.2) is 15.7 Å². The molecule has 0 saturated heterocycles. The Labute approximate surface area is 152 Å². The lowest BCUT2D eigenvalue weighted by Crippen LogP contribution is -2.34. The summed E-state index contributed by atoms with van der Waals surface area (Å²) in [6, 6.07) is 11.2. The van der Waals surface area contributed by atoms with E-state index in [2.05, 4.69) is 11.7 Å². The van der Waals surface area contributed by atoms with Crippen molar-refractivity contribution in [2.24, 2.45) is 0 Å². The Morgan fingerprint density at radius 3 is 2.48 bits per heavy atom. The van der Waals surface area contributed by atoms with E-state index in [1.165, 1.54) is 22.9 Å². The molecule has 0 saturated carbocycles. The molecule has 0 radical (unpaired) electrons. The van der Waals surface area contributed by atoms with Gasteiger partial charge in [-0.15, -0.1) is 0 Å². The summed E-state index contributed by atoms with van der Waals surface area (Å²) in [7, 11) is 0. The van der Waals surface area contributed by atoms with Crippen molar-refractivity contribution in [3.05, 3.63) is 84.6 Å². The summed E-state index contributed by atoms with van der Waals surface area (Å²) in [6.07, 6.45) is 1.67. The minimum absolute atomic E-state index is 0.0335. The number of hydrogen-bond acceptors (Lipinski definition) is 3. The fraction of sp³-hybridized carbons (Fsp3) is 0. The Bertz CT molecular complexity index is 1130. The van der Waals surface area contributed by atoms with Crippen LogP contribution in [0.15, 0.2) is 47.3 Å². The zero-order valence-electron chi connectivity index (χ0n) is 12.8. The fourth-order valence-electron chi connectivity index (χ4n) is 2.36. The summed E-state index contributed by atoms with van der Waals surface area (Å²) >= 11 is 11.7. The highest BCUT2D eigenvalue weighted by Gasteiger charge is 2.08. The lowest BCUT2D eigenvalue weighted by atomic mass is 10.2. The van der Waals surface area contributed by atoms with Crippen molar-refractivity contribution in [2.75, 3.05) is 0 Å². The Balaban J connectivity index is 2.17. The highest BCUT2D eigenvalue weighted by molar-refractivity contribution is 6.33. The smallest absolute Gasteiger partial charge is 0.279 e. The van der Waals surface area contributed by atoms with E-state index < -0.39 is 5.97 Å². The maximum absolute atomic E-state index is 12.7. The summed E-state index contributed by atoms with van der Waals surface area (Å²) in [5.41, 5.74) is 0.527. The number of carboxylic acids is 1. The van der Waals surface area contributed by atoms with Crippen molar-refractivity contribution in [3.63, 3.8) is 0 Å². The summed E-state index contributed by atoms with van der Waals surface area (Å²) in [5, 5.41) is 15.3. The average molecular weight is 374 g/mol. The molecule has 0 aliphatic heterocycles. The number of H-pyrrole nitrogens is 1. The predicted molar refractivity (Wildman–Crippen MR) is 95.5 cm³/mol. The molecule has 0 aliphatic rings. The lowest BCUT2D eigenvalue weighted by molar-refractivity contribution is -0.255. The van der Waals surface area contributed by atoms with Gasteiger partial charge in [-0.25, -0.2) is 4.68 Å². The molecule has 1 heterocycles. The van der Waals surface area contributed by atoms with Crippen LogP contribution in [0.2, 0.25) is 10.0 Å². The molecular weight excluding hydrogens is 363 g/mol. The van der Waals surface area contributed by atoms with Crippen molar-refractivity contribution in [3.8, 4) is 5.69 Å². The number of benzene rings is 2. The molecule has 0 bridgehead atoms. The molecule has 3 aromatic rings. The first-order valence-electron chi connectivity index (χ1n) is 7.15. The number of rotatable bonds is 3. The first kappa shape index (κ1) is 17.1. The van der Waals surface area contributed by atoms with Gasteiger partial charge in [0.05, 0.1) is 22.2 Å². The van der Waals surface area contributed by atoms with Crippen LogP contribution in [0.25, 0.3) is 18.3 Å². The summed E-state index contributed by atoms with van der Waals surface area (Å²) < 4.78 is 1.20. The zero-order chi connectivity index (χ0) is 18.1. The number of carboxylic acid groups (broad SMARTS) is 1. The number of carbonyl (C=O) groups is 1. The molecule has 25 heavy (non-hydrogen) atoms. The SMILES string of the molecule is C=c1[nH]n(-c2ccc(Cl)c(C(=O)[O-])c2)c(=O)/c1=C\c1ccc(Cl)cc1. The van der Waals surface area contributed by atoms with E-state index in [0.717, 1.165) is 5.56 Å². The van der Waals surface area contributed by atoms with Gasteiger partial charge in [-0.1, -0.05) is 41.9 Å². The average Bonchev–Trinajstić information content (AvgIpc) is 2.85. The van der Waals surface area contributed by atoms with Gasteiger partial charge in [0.1, 0.15) is 0 Å². The van der Waals surface area contributed by atoms with Gasteiger partial charge >= 0.3 is 0 Å². The number of halogens is 2. The third kappa shape index (κ3) is 3.38. The van der Waals surface area contributed by atoms with E-state index in [4.69, 9.17) is 23.2 Å². The Kier molecular flexibility index (Phi) is 4.53. The highest BCUT2D eigenvalue weighted by atomic mass is 35.5. The molecule has 0 spiro atoms. The van der Waals surface area contributed by atoms with Crippen LogP contribution in [-0.2, 0) is 0 Å². The molecule has 7 heteroatoms. The number of aromatic carboxylic acids is 1. The van der Waals surface area contributed by atoms with Crippen molar-refractivity contribution in [1.82, 2.24) is 9.78 Å². The molecule has 1 N–H and O–H groups in total. The summed E-state index contributed by atoms with van der Waals surface area (Å²) in [4.78, 5) is 23.8. The third-order valence-corrected chi connectivity index (χ3v) is 4.20. The summed E-state index contributed by atoms with van der Waals surface area (Å²) in [5.74, 6) is -1.42. The number of carbonyl (C=O) groups excluding carboxylic acids is 1. The zero-order valence-corrected chi connectivity index (χ0v) is 14.3. The van der Waals surface area contributed by atoms with Crippen LogP contribution in [0.5, 0.6) is 0 Å². The van der Waals surface area contributed by atoms with Crippen LogP contribution >= 0.6 is 23.2 Å². The predicted octanol–water partition coefficient (Wildman–Crippen LogP) is 1.08. The standard InChI is InChI=1S/C18H12Cl2N2O3/c1-10-14(8-11-2-4-12(19)5-3-11)17(23)22(21-10)13-6-7-16(20)15(9-13)18(24)25/h2-9,21H,1H2,(H,24,25)/p-1/b14-8-. The minimum Gasteiger partial charge on any atom is -0.545 e. The minimum atomic E-state index is -1.42. The monoisotopic (exact) mass is 373 g/mol. The maximum atomic E-state index is 12.7. The Morgan fingerprint density at radius 2 is 1.84 bits per heavy atom. The molecule has 0 atom stereocenters. The molecule has 0 amide bonds. The van der Waals surface area contributed by atoms with Crippen molar-refractivity contribution in [1.29, 1.82) is 0 Å². The molecule has 1 aromatic heterocycles. The lowest BCUT2D eigenvalue weighted by Gasteiger charge is -2.08. The number of aromatic nitrogens is 2. The molecule has 0 unspecified atom stereocenters. The second-order valence-corrected chi connectivity index (χ2v) is 6.14. The van der Waals surface area contributed by atoms with E-state index in [-0.39, 0.29) is 16.1 Å². The van der Waals surface area contributed by atoms with Gasteiger partial charge in [-0.2, -0.15) is 0 Å². The first-order valence-corrected chi connectivity index (χ1v) is 7.91. The number of aromatic amines is 1. The van der Waals surface area contributed by atoms with Crippen molar-refractivity contribution < 1.29 is 9.90 Å². The quantitative estimate of drug-likeness (QED) is 0.745. The maximum Gasteiger partial charge on any atom is 0.279 e. The van der Waals surface area contributed by atoms with Crippen LogP contribution in [0.3, 0.4) is 0 Å². The van der Waals surface area contributed by atoms with Gasteiger partial charge in [0, 0.05) is 15.6 Å². The second kappa shape index (κ2) is 6.63. The molecule has 3 rings (SSSR count). The molecule has 2 aromatic carbocycles. The van der Waals surface area contributed by atoms with Crippen molar-refractivity contribution >= 4 is 41.8 Å². The Hall–Kier alpha value is -2.76. The van der Waals surface area contributed by atoms with E-state index in [0.29, 0.717) is 21.3 Å². The van der Waals surface area contributed by atoms with Gasteiger partial charge in [-0.05, 0) is 42.0 Å². The number of nitrogens with one attached hydrogen (secondary N) is 1. The normalized spacial score (nSPS) is 11.7. The van der Waals surface area contributed by atoms with Gasteiger partial charge in [0.2, 0.25) is 0 Å². The summed E-state index contributed by atoms with van der Waals surface area (Å²) in [6.45, 7) is 3.83. The molecule has 0 fully saturated rings. The van der Waals surface area contributed by atoms with Crippen LogP contribution < -0.4 is 21.2 Å². The molecule has 126 valence electrons. The topological polar surface area (TPSA) is 77.9 Å². The highest BCUT2D eigenvalue weighted by Crippen LogP contribution is 2.18. The Morgan fingerprint density at radius 1 is 1.16 bits per heavy atom. The van der Waals surface area contributed by atoms with Gasteiger partial charge in [0.25, 0.3) is 5.56 Å². The second-order valence-electron chi connectivity index (χ2n) is 5.29. The largest absolute Gasteiger partial charge is 0.545 e. The number of hydrogen-bond donors (Lipinski definition) is 1. The van der Waals surface area contributed by atoms with Crippen LogP contribution in [0.1, 0.15) is 15.9 Å². The van der Waals surface area contributed by atoms with Crippen LogP contribution in [0, 0.1) is 0 Å². The van der Waals surface area contributed by atoms with Crippen LogP contribution in [0.4, 0.5) is 0 Å². The van der Waals surface area contributed by atoms with E-state index in [9.17, 15) is 14.7 Å². The van der Waals surface area contributed by atoms with Crippen molar-refractivity contribution in [2.45, 2.75) is 0 Å². The van der Waals surface area contributed by atoms with Gasteiger partial charge in [-0.3, -0.25) is 9.89 Å². The third-order valence-electron chi connectivity index (χ3n) is 3.61. The van der Waals surface area contributed by atoms with E-state index in [1.807, 2.05) is 0 Å². The first-order chi connectivity index (χ1) is 11.9.